The highest BCUT2D eigenvalue weighted by molar-refractivity contribution is 5.81. The minimum Gasteiger partial charge on any atom is -0.353 e. The smallest absolute Gasteiger partial charge is 0.353 e. The van der Waals surface area contributed by atoms with E-state index in [0.29, 0.717) is 0 Å². The molecule has 0 saturated carbocycles. The van der Waals surface area contributed by atoms with Gasteiger partial charge < -0.3 is 10.6 Å². The van der Waals surface area contributed by atoms with Crippen LogP contribution in [0.3, 0.4) is 0 Å². The van der Waals surface area contributed by atoms with Gasteiger partial charge in [-0.2, -0.15) is 13.2 Å². The van der Waals surface area contributed by atoms with Crippen molar-refractivity contribution < 1.29 is 18.0 Å². The lowest BCUT2D eigenvalue weighted by molar-refractivity contribution is -0.135. The van der Waals surface area contributed by atoms with Crippen LogP contribution in [0.5, 0.6) is 0 Å². The maximum absolute atomic E-state index is 11.8. The lowest BCUT2D eigenvalue weighted by Gasteiger charge is -2.16. The molecular formula is C10H19F3N2O. The monoisotopic (exact) mass is 240 g/mol. The van der Waals surface area contributed by atoms with Crippen LogP contribution in [-0.4, -0.2) is 30.7 Å². The zero-order chi connectivity index (χ0) is 12.8. The Hall–Kier alpha value is -0.780. The predicted octanol–water partition coefficient (Wildman–Crippen LogP) is 1.83. The summed E-state index contributed by atoms with van der Waals surface area (Å²) in [6.45, 7) is 5.47. The zero-order valence-corrected chi connectivity index (χ0v) is 9.82. The number of nitrogens with one attached hydrogen (secondary N) is 2. The molecule has 0 saturated heterocycles. The molecule has 3 nitrogen and oxygen atoms in total. The van der Waals surface area contributed by atoms with Gasteiger partial charge in [0.15, 0.2) is 0 Å². The Morgan fingerprint density at radius 1 is 1.25 bits per heavy atom. The van der Waals surface area contributed by atoms with Crippen molar-refractivity contribution in [3.05, 3.63) is 0 Å². The molecule has 1 amide bonds. The van der Waals surface area contributed by atoms with Crippen LogP contribution in [-0.2, 0) is 4.79 Å². The fourth-order valence-corrected chi connectivity index (χ4v) is 1.11. The van der Waals surface area contributed by atoms with Gasteiger partial charge in [0, 0.05) is 12.5 Å². The van der Waals surface area contributed by atoms with E-state index in [2.05, 4.69) is 10.6 Å². The van der Waals surface area contributed by atoms with Crippen LogP contribution in [0.15, 0.2) is 0 Å². The van der Waals surface area contributed by atoms with Crippen LogP contribution in [0.2, 0.25) is 0 Å². The Kier molecular flexibility index (Phi) is 6.40. The average Bonchev–Trinajstić information content (AvgIpc) is 2.09. The molecule has 0 aliphatic carbocycles. The van der Waals surface area contributed by atoms with Crippen molar-refractivity contribution in [1.29, 1.82) is 0 Å². The molecule has 0 bridgehead atoms. The highest BCUT2D eigenvalue weighted by Crippen LogP contribution is 2.20. The van der Waals surface area contributed by atoms with E-state index in [1.807, 2.05) is 13.8 Å². The van der Waals surface area contributed by atoms with Gasteiger partial charge in [-0.15, -0.1) is 0 Å². The summed E-state index contributed by atoms with van der Waals surface area (Å²) in [6.07, 6.45) is -4.95. The molecule has 0 aromatic carbocycles. The van der Waals surface area contributed by atoms with Crippen molar-refractivity contribution in [3.8, 4) is 0 Å². The highest BCUT2D eigenvalue weighted by atomic mass is 19.4. The average molecular weight is 240 g/mol. The summed E-state index contributed by atoms with van der Waals surface area (Å²) in [5.41, 5.74) is 0. The molecule has 0 aliphatic rings. The summed E-state index contributed by atoms with van der Waals surface area (Å²) >= 11 is 0. The van der Waals surface area contributed by atoms with Crippen LogP contribution >= 0.6 is 0 Å². The van der Waals surface area contributed by atoms with Crippen molar-refractivity contribution in [1.82, 2.24) is 10.6 Å². The van der Waals surface area contributed by atoms with Gasteiger partial charge in [-0.25, -0.2) is 0 Å². The summed E-state index contributed by atoms with van der Waals surface area (Å²) < 4.78 is 35.4. The topological polar surface area (TPSA) is 41.1 Å². The van der Waals surface area contributed by atoms with Crippen molar-refractivity contribution in [3.63, 3.8) is 0 Å². The lowest BCUT2D eigenvalue weighted by Crippen LogP contribution is -2.45. The number of hydrogen-bond acceptors (Lipinski definition) is 2. The van der Waals surface area contributed by atoms with E-state index in [4.69, 9.17) is 0 Å². The van der Waals surface area contributed by atoms with E-state index >= 15 is 0 Å². The molecule has 0 aromatic rings. The first-order valence-electron chi connectivity index (χ1n) is 5.33. The van der Waals surface area contributed by atoms with Crippen molar-refractivity contribution in [2.75, 3.05) is 6.54 Å². The third kappa shape index (κ3) is 8.52. The van der Waals surface area contributed by atoms with Gasteiger partial charge in [0.25, 0.3) is 0 Å². The summed E-state index contributed by atoms with van der Waals surface area (Å²) in [5, 5.41) is 5.42. The molecule has 2 N–H and O–H groups in total. The SMILES string of the molecule is CC(C)NC(=O)C(C)NCCCC(F)(F)F. The summed E-state index contributed by atoms with van der Waals surface area (Å²) in [7, 11) is 0. The van der Waals surface area contributed by atoms with Gasteiger partial charge >= 0.3 is 6.18 Å². The Morgan fingerprint density at radius 3 is 2.25 bits per heavy atom. The molecule has 0 fully saturated rings. The van der Waals surface area contributed by atoms with Gasteiger partial charge in [0.05, 0.1) is 6.04 Å². The molecule has 16 heavy (non-hydrogen) atoms. The van der Waals surface area contributed by atoms with E-state index < -0.39 is 18.6 Å². The van der Waals surface area contributed by atoms with Crippen molar-refractivity contribution in [2.45, 2.75) is 51.9 Å². The second-order valence-electron chi connectivity index (χ2n) is 4.06. The molecule has 0 spiro atoms. The first kappa shape index (κ1) is 15.2. The third-order valence-electron chi connectivity index (χ3n) is 1.91. The van der Waals surface area contributed by atoms with Gasteiger partial charge in [0.1, 0.15) is 0 Å². The Balaban J connectivity index is 3.65. The quantitative estimate of drug-likeness (QED) is 0.695. The molecule has 0 aromatic heterocycles. The minimum absolute atomic E-state index is 0.0111. The minimum atomic E-state index is -4.12. The Morgan fingerprint density at radius 2 is 1.81 bits per heavy atom. The van der Waals surface area contributed by atoms with Crippen LogP contribution in [0.4, 0.5) is 13.2 Å². The fourth-order valence-electron chi connectivity index (χ4n) is 1.11. The number of hydrogen-bond donors (Lipinski definition) is 2. The Labute approximate surface area is 93.8 Å². The lowest BCUT2D eigenvalue weighted by atomic mass is 10.2. The number of halogens is 3. The molecule has 1 atom stereocenters. The zero-order valence-electron chi connectivity index (χ0n) is 9.82. The number of rotatable bonds is 6. The van der Waals surface area contributed by atoms with Crippen LogP contribution in [0.25, 0.3) is 0 Å². The third-order valence-corrected chi connectivity index (χ3v) is 1.91. The first-order valence-corrected chi connectivity index (χ1v) is 5.33. The number of amides is 1. The second kappa shape index (κ2) is 6.73. The molecule has 1 unspecified atom stereocenters. The summed E-state index contributed by atoms with van der Waals surface area (Å²) in [4.78, 5) is 11.3. The van der Waals surface area contributed by atoms with Crippen LogP contribution < -0.4 is 10.6 Å². The Bertz CT molecular complexity index is 217. The molecule has 0 aliphatic heterocycles. The second-order valence-corrected chi connectivity index (χ2v) is 4.06. The van der Waals surface area contributed by atoms with E-state index in [-0.39, 0.29) is 24.9 Å². The molecule has 0 heterocycles. The van der Waals surface area contributed by atoms with Gasteiger partial charge in [-0.3, -0.25) is 4.79 Å². The molecule has 0 rings (SSSR count). The van der Waals surface area contributed by atoms with Gasteiger partial charge in [-0.05, 0) is 33.7 Å². The van der Waals surface area contributed by atoms with E-state index in [0.717, 1.165) is 0 Å². The predicted molar refractivity (Wildman–Crippen MR) is 56.0 cm³/mol. The molecule has 96 valence electrons. The maximum Gasteiger partial charge on any atom is 0.389 e. The maximum atomic E-state index is 11.8. The first-order chi connectivity index (χ1) is 7.22. The van der Waals surface area contributed by atoms with E-state index in [1.165, 1.54) is 0 Å². The van der Waals surface area contributed by atoms with Gasteiger partial charge in [-0.1, -0.05) is 0 Å². The number of carbonyl (C=O) groups is 1. The highest BCUT2D eigenvalue weighted by Gasteiger charge is 2.26. The fraction of sp³-hybridized carbons (Fsp3) is 0.900. The van der Waals surface area contributed by atoms with Crippen molar-refractivity contribution in [2.24, 2.45) is 0 Å². The summed E-state index contributed by atoms with van der Waals surface area (Å²) in [6, 6.07) is -0.428. The standard InChI is InChI=1S/C10H19F3N2O/c1-7(2)15-9(16)8(3)14-6-4-5-10(11,12)13/h7-8,14H,4-6H2,1-3H3,(H,15,16). The molecule has 0 radical (unpaired) electrons. The van der Waals surface area contributed by atoms with Crippen LogP contribution in [0, 0.1) is 0 Å². The molecule has 6 heteroatoms. The van der Waals surface area contributed by atoms with E-state index in [1.54, 1.807) is 6.92 Å². The largest absolute Gasteiger partial charge is 0.389 e. The molecular weight excluding hydrogens is 221 g/mol. The van der Waals surface area contributed by atoms with E-state index in [9.17, 15) is 18.0 Å². The number of alkyl halides is 3. The summed E-state index contributed by atoms with van der Waals surface area (Å²) in [5.74, 6) is -0.193. The normalized spacial score (nSPS) is 13.9. The number of carbonyl (C=O) groups excluding carboxylic acids is 1. The van der Waals surface area contributed by atoms with Crippen molar-refractivity contribution >= 4 is 5.91 Å². The van der Waals surface area contributed by atoms with Crippen LogP contribution in [0.1, 0.15) is 33.6 Å². The van der Waals surface area contributed by atoms with Gasteiger partial charge in [0.2, 0.25) is 5.91 Å².